The molecule has 6 nitrogen and oxygen atoms in total. The summed E-state index contributed by atoms with van der Waals surface area (Å²) in [6, 6.07) is 1.82. The molecule has 0 fully saturated rings. The number of carboxylic acid groups (broad SMARTS) is 2. The summed E-state index contributed by atoms with van der Waals surface area (Å²) < 4.78 is 38.2. The lowest BCUT2D eigenvalue weighted by Crippen LogP contribution is -2.22. The number of aliphatic carboxylic acids is 2. The summed E-state index contributed by atoms with van der Waals surface area (Å²) in [6.45, 7) is 0. The molecule has 0 aliphatic heterocycles. The largest absolute Gasteiger partial charge is 0.481 e. The predicted molar refractivity (Wildman–Crippen MR) is 68.7 cm³/mol. The third kappa shape index (κ3) is 5.24. The Morgan fingerprint density at radius 2 is 1.67 bits per heavy atom. The van der Waals surface area contributed by atoms with E-state index in [9.17, 15) is 27.8 Å². The summed E-state index contributed by atoms with van der Waals surface area (Å²) in [5.74, 6) is -6.20. The molecule has 116 valence electrons. The Labute approximate surface area is 118 Å². The molecule has 0 spiro atoms. The van der Waals surface area contributed by atoms with Crippen LogP contribution in [0.3, 0.4) is 0 Å². The van der Waals surface area contributed by atoms with Crippen LogP contribution in [0.25, 0.3) is 0 Å². The summed E-state index contributed by atoms with van der Waals surface area (Å²) >= 11 is 0. The second-order valence-corrected chi connectivity index (χ2v) is 6.76. The lowest BCUT2D eigenvalue weighted by atomic mass is 10.1. The monoisotopic (exact) mass is 322 g/mol. The highest BCUT2D eigenvalue weighted by Crippen LogP contribution is 2.42. The van der Waals surface area contributed by atoms with Crippen molar-refractivity contribution >= 4 is 24.6 Å². The normalized spacial score (nSPS) is 15.2. The summed E-state index contributed by atoms with van der Waals surface area (Å²) in [4.78, 5) is 31.2. The molecule has 0 saturated carbocycles. The molecule has 2 unspecified atom stereocenters. The van der Waals surface area contributed by atoms with Gasteiger partial charge in [-0.05, 0) is 18.6 Å². The third-order valence-corrected chi connectivity index (χ3v) is 4.78. The molecular formula is C12H13F2O6P. The zero-order valence-electron chi connectivity index (χ0n) is 10.7. The number of halogens is 2. The van der Waals surface area contributed by atoms with E-state index < -0.39 is 54.7 Å². The van der Waals surface area contributed by atoms with Crippen molar-refractivity contribution < 1.29 is 38.0 Å². The van der Waals surface area contributed by atoms with Gasteiger partial charge in [0.2, 0.25) is 7.37 Å². The average Bonchev–Trinajstić information content (AvgIpc) is 2.32. The molecule has 0 aromatic heterocycles. The number of benzene rings is 1. The maximum Gasteiger partial charge on any atom is 0.307 e. The molecule has 0 amide bonds. The van der Waals surface area contributed by atoms with Crippen LogP contribution in [0.15, 0.2) is 18.2 Å². The van der Waals surface area contributed by atoms with E-state index in [0.29, 0.717) is 18.2 Å². The highest BCUT2D eigenvalue weighted by Gasteiger charge is 2.31. The molecule has 0 radical (unpaired) electrons. The molecule has 0 saturated heterocycles. The van der Waals surface area contributed by atoms with Crippen molar-refractivity contribution in [1.29, 1.82) is 0 Å². The Morgan fingerprint density at radius 1 is 1.14 bits per heavy atom. The molecule has 2 atom stereocenters. The van der Waals surface area contributed by atoms with Gasteiger partial charge in [0.15, 0.2) is 0 Å². The van der Waals surface area contributed by atoms with Crippen molar-refractivity contribution in [3.63, 3.8) is 0 Å². The van der Waals surface area contributed by atoms with Gasteiger partial charge in [0.1, 0.15) is 11.6 Å². The van der Waals surface area contributed by atoms with Gasteiger partial charge >= 0.3 is 11.9 Å². The van der Waals surface area contributed by atoms with Crippen molar-refractivity contribution in [3.05, 3.63) is 29.8 Å². The number of hydrogen-bond donors (Lipinski definition) is 3. The van der Waals surface area contributed by atoms with Crippen molar-refractivity contribution in [1.82, 2.24) is 0 Å². The number of rotatable bonds is 7. The van der Waals surface area contributed by atoms with Crippen molar-refractivity contribution in [2.45, 2.75) is 12.8 Å². The lowest BCUT2D eigenvalue weighted by molar-refractivity contribution is -0.142. The predicted octanol–water partition coefficient (Wildman–Crippen LogP) is 1.43. The Morgan fingerprint density at radius 3 is 2.10 bits per heavy atom. The van der Waals surface area contributed by atoms with Gasteiger partial charge < -0.3 is 15.1 Å². The highest BCUT2D eigenvalue weighted by atomic mass is 31.2. The van der Waals surface area contributed by atoms with Gasteiger partial charge in [0, 0.05) is 24.0 Å². The highest BCUT2D eigenvalue weighted by molar-refractivity contribution is 7.66. The van der Waals surface area contributed by atoms with Crippen molar-refractivity contribution in [2.75, 3.05) is 6.16 Å². The van der Waals surface area contributed by atoms with Crippen LogP contribution in [0, 0.1) is 17.6 Å². The van der Waals surface area contributed by atoms with Gasteiger partial charge in [0.25, 0.3) is 0 Å². The van der Waals surface area contributed by atoms with Gasteiger partial charge in [-0.2, -0.15) is 0 Å². The molecule has 0 heterocycles. The molecule has 1 aromatic rings. The van der Waals surface area contributed by atoms with Crippen molar-refractivity contribution in [2.24, 2.45) is 5.92 Å². The Hall–Kier alpha value is -1.79. The number of carbonyl (C=O) groups is 2. The quantitative estimate of drug-likeness (QED) is 0.655. The van der Waals surface area contributed by atoms with Crippen LogP contribution in [0.5, 0.6) is 0 Å². The van der Waals surface area contributed by atoms with Gasteiger partial charge in [-0.15, -0.1) is 0 Å². The minimum Gasteiger partial charge on any atom is -0.481 e. The first kappa shape index (κ1) is 17.3. The Balaban J connectivity index is 2.97. The Bertz CT molecular complexity index is 583. The van der Waals surface area contributed by atoms with Gasteiger partial charge in [-0.1, -0.05) is 0 Å². The first-order valence-electron chi connectivity index (χ1n) is 5.85. The molecule has 9 heteroatoms. The number of carboxylic acids is 2. The summed E-state index contributed by atoms with van der Waals surface area (Å²) in [5.41, 5.74) is 0. The van der Waals surface area contributed by atoms with Crippen molar-refractivity contribution in [3.8, 4) is 0 Å². The van der Waals surface area contributed by atoms with E-state index in [2.05, 4.69) is 0 Å². The SMILES string of the molecule is O=C(O)CCC(CP(=O)(O)c1cc(F)cc(F)c1)C(=O)O. The molecule has 1 aromatic carbocycles. The number of hydrogen-bond acceptors (Lipinski definition) is 3. The fraction of sp³-hybridized carbons (Fsp3) is 0.333. The minimum absolute atomic E-state index is 0.354. The lowest BCUT2D eigenvalue weighted by Gasteiger charge is -2.17. The first-order chi connectivity index (χ1) is 9.61. The standard InChI is InChI=1S/C12H13F2O6P/c13-8-3-9(14)5-10(4-8)21(19,20)6-7(12(17)18)1-2-11(15)16/h3-5,7H,1-2,6H2,(H,15,16)(H,17,18)(H,19,20). The van der Waals surface area contributed by atoms with Gasteiger partial charge in [0.05, 0.1) is 5.92 Å². The second-order valence-electron chi connectivity index (χ2n) is 4.48. The van der Waals surface area contributed by atoms with Crippen LogP contribution in [0.4, 0.5) is 8.78 Å². The van der Waals surface area contributed by atoms with E-state index in [0.717, 1.165) is 0 Å². The summed E-state index contributed by atoms with van der Waals surface area (Å²) in [6.07, 6.45) is -1.64. The van der Waals surface area contributed by atoms with E-state index in [-0.39, 0.29) is 6.42 Å². The van der Waals surface area contributed by atoms with E-state index in [1.807, 2.05) is 0 Å². The van der Waals surface area contributed by atoms with Crippen LogP contribution in [0.2, 0.25) is 0 Å². The molecule has 0 aliphatic rings. The van der Waals surface area contributed by atoms with Crippen LogP contribution in [-0.2, 0) is 14.2 Å². The molecule has 0 aliphatic carbocycles. The van der Waals surface area contributed by atoms with Gasteiger partial charge in [-0.3, -0.25) is 14.2 Å². The zero-order valence-corrected chi connectivity index (χ0v) is 11.6. The third-order valence-electron chi connectivity index (χ3n) is 2.77. The Kier molecular flexibility index (Phi) is 5.57. The summed E-state index contributed by atoms with van der Waals surface area (Å²) in [7, 11) is -4.32. The van der Waals surface area contributed by atoms with E-state index >= 15 is 0 Å². The maximum atomic E-state index is 13.0. The average molecular weight is 322 g/mol. The van der Waals surface area contributed by atoms with Crippen LogP contribution in [0.1, 0.15) is 12.8 Å². The zero-order chi connectivity index (χ0) is 16.2. The van der Waals surface area contributed by atoms with Crippen LogP contribution < -0.4 is 5.30 Å². The minimum atomic E-state index is -4.32. The fourth-order valence-electron chi connectivity index (χ4n) is 1.74. The first-order valence-corrected chi connectivity index (χ1v) is 7.69. The molecule has 3 N–H and O–H groups in total. The second kappa shape index (κ2) is 6.78. The maximum absolute atomic E-state index is 13.0. The van der Waals surface area contributed by atoms with Crippen LogP contribution >= 0.6 is 7.37 Å². The molecule has 21 heavy (non-hydrogen) atoms. The molecule has 0 bridgehead atoms. The van der Waals surface area contributed by atoms with E-state index in [1.165, 1.54) is 0 Å². The smallest absolute Gasteiger partial charge is 0.307 e. The fourth-order valence-corrected chi connectivity index (χ4v) is 3.53. The molecule has 1 rings (SSSR count). The topological polar surface area (TPSA) is 112 Å². The van der Waals surface area contributed by atoms with Gasteiger partial charge in [-0.25, -0.2) is 8.78 Å². The van der Waals surface area contributed by atoms with E-state index in [1.54, 1.807) is 0 Å². The molecular weight excluding hydrogens is 309 g/mol. The van der Waals surface area contributed by atoms with E-state index in [4.69, 9.17) is 10.2 Å². The van der Waals surface area contributed by atoms with Crippen LogP contribution in [-0.4, -0.2) is 33.2 Å². The summed E-state index contributed by atoms with van der Waals surface area (Å²) in [5, 5.41) is 16.9.